The highest BCUT2D eigenvalue weighted by molar-refractivity contribution is 5.97. The normalized spacial score (nSPS) is 12.2. The molecule has 12 heteroatoms. The lowest BCUT2D eigenvalue weighted by atomic mass is 10.1. The number of nitrogens with one attached hydrogen (secondary N) is 4. The van der Waals surface area contributed by atoms with Gasteiger partial charge < -0.3 is 18.9 Å². The first-order chi connectivity index (χ1) is 20.9. The quantitative estimate of drug-likeness (QED) is 0.180. The lowest BCUT2D eigenvalue weighted by Gasteiger charge is -2.22. The second-order valence-electron chi connectivity index (χ2n) is 14.5. The van der Waals surface area contributed by atoms with E-state index in [1.807, 2.05) is 0 Å². The van der Waals surface area contributed by atoms with Gasteiger partial charge in [-0.15, -0.1) is 0 Å². The number of ether oxygens (including phenoxy) is 4. The standard InChI is InChI=1S/C34H48N4O8/c1-31(2,3)43-27(39)35-23-17-15-21(19-25(23)37-29(41)45-33(7,8)9)13-14-22-16-18-24(36-28(40)44-32(4,5)6)26(20-22)38-30(42)46-34(10,11)12/h13-20H,1-12H3,(H,35,39)(H,36,40)(H,37,41)(H,38,42)/b14-13+. The molecule has 0 saturated carbocycles. The molecule has 2 rings (SSSR count). The molecule has 2 aromatic carbocycles. The van der Waals surface area contributed by atoms with E-state index >= 15 is 0 Å². The SMILES string of the molecule is CC(C)(C)OC(=O)Nc1ccc(/C=C/c2ccc(NC(=O)OC(C)(C)C)c(NC(=O)OC(C)(C)C)c2)cc1NC(=O)OC(C)(C)C. The van der Waals surface area contributed by atoms with Crippen LogP contribution >= 0.6 is 0 Å². The van der Waals surface area contributed by atoms with Gasteiger partial charge in [-0.3, -0.25) is 21.3 Å². The molecular weight excluding hydrogens is 592 g/mol. The van der Waals surface area contributed by atoms with Gasteiger partial charge in [-0.05, 0) is 118 Å². The summed E-state index contributed by atoms with van der Waals surface area (Å²) in [6.45, 7) is 20.9. The summed E-state index contributed by atoms with van der Waals surface area (Å²) in [6, 6.07) is 10.0. The average Bonchev–Trinajstić information content (AvgIpc) is 2.80. The van der Waals surface area contributed by atoms with Crippen molar-refractivity contribution in [1.29, 1.82) is 0 Å². The molecule has 0 aliphatic carbocycles. The molecule has 0 unspecified atom stereocenters. The summed E-state index contributed by atoms with van der Waals surface area (Å²) in [5, 5.41) is 10.7. The number of benzene rings is 2. The van der Waals surface area contributed by atoms with E-state index in [0.29, 0.717) is 22.5 Å². The summed E-state index contributed by atoms with van der Waals surface area (Å²) in [5.74, 6) is 0. The number of hydrogen-bond donors (Lipinski definition) is 4. The first-order valence-corrected chi connectivity index (χ1v) is 14.8. The zero-order valence-corrected chi connectivity index (χ0v) is 28.9. The van der Waals surface area contributed by atoms with E-state index in [0.717, 1.165) is 0 Å². The Balaban J connectivity index is 2.43. The number of hydrogen-bond acceptors (Lipinski definition) is 8. The molecule has 0 aromatic heterocycles. The lowest BCUT2D eigenvalue weighted by molar-refractivity contribution is 0.0621. The summed E-state index contributed by atoms with van der Waals surface area (Å²) >= 11 is 0. The minimum Gasteiger partial charge on any atom is -0.444 e. The average molecular weight is 641 g/mol. The Morgan fingerprint density at radius 3 is 0.913 bits per heavy atom. The molecule has 12 nitrogen and oxygen atoms in total. The van der Waals surface area contributed by atoms with Gasteiger partial charge >= 0.3 is 24.4 Å². The Morgan fingerprint density at radius 2 is 0.674 bits per heavy atom. The molecular formula is C34H48N4O8. The molecule has 4 amide bonds. The first kappa shape index (κ1) is 37.4. The number of carbonyl (C=O) groups excluding carboxylic acids is 4. The minimum atomic E-state index is -0.740. The summed E-state index contributed by atoms with van der Waals surface area (Å²) in [4.78, 5) is 50.2. The van der Waals surface area contributed by atoms with Gasteiger partial charge in [0.2, 0.25) is 0 Å². The molecule has 0 aliphatic heterocycles. The van der Waals surface area contributed by atoms with E-state index < -0.39 is 46.8 Å². The Bertz CT molecular complexity index is 1350. The molecule has 0 saturated heterocycles. The van der Waals surface area contributed by atoms with Crippen LogP contribution in [0.15, 0.2) is 36.4 Å². The number of rotatable bonds is 6. The zero-order chi connectivity index (χ0) is 35.1. The number of amides is 4. The Hall–Kier alpha value is -4.74. The van der Waals surface area contributed by atoms with Gasteiger partial charge in [0.1, 0.15) is 22.4 Å². The van der Waals surface area contributed by atoms with E-state index in [9.17, 15) is 19.2 Å². The highest BCUT2D eigenvalue weighted by Gasteiger charge is 2.22. The van der Waals surface area contributed by atoms with E-state index in [1.54, 1.807) is 132 Å². The molecule has 0 atom stereocenters. The van der Waals surface area contributed by atoms with Crippen LogP contribution in [0.25, 0.3) is 12.2 Å². The molecule has 0 heterocycles. The monoisotopic (exact) mass is 640 g/mol. The maximum atomic E-state index is 12.6. The lowest BCUT2D eigenvalue weighted by Crippen LogP contribution is -2.29. The smallest absolute Gasteiger partial charge is 0.412 e. The maximum Gasteiger partial charge on any atom is 0.412 e. The summed E-state index contributed by atoms with van der Waals surface area (Å²) in [5.41, 5.74) is -0.417. The predicted octanol–water partition coefficient (Wildman–Crippen LogP) is 9.25. The molecule has 0 spiro atoms. The van der Waals surface area contributed by atoms with Crippen LogP contribution in [0.2, 0.25) is 0 Å². The van der Waals surface area contributed by atoms with Crippen molar-refractivity contribution in [2.24, 2.45) is 0 Å². The van der Waals surface area contributed by atoms with Crippen molar-refractivity contribution < 1.29 is 38.1 Å². The molecule has 46 heavy (non-hydrogen) atoms. The predicted molar refractivity (Wildman–Crippen MR) is 181 cm³/mol. The third-order valence-electron chi connectivity index (χ3n) is 5.10. The number of carbonyl (C=O) groups is 4. The molecule has 0 fully saturated rings. The van der Waals surface area contributed by atoms with Crippen LogP contribution in [0.4, 0.5) is 41.9 Å². The summed E-state index contributed by atoms with van der Waals surface area (Å²) in [6.07, 6.45) is 0.760. The fourth-order valence-corrected chi connectivity index (χ4v) is 3.60. The van der Waals surface area contributed by atoms with Crippen molar-refractivity contribution in [3.8, 4) is 0 Å². The Labute approximate surface area is 271 Å². The molecule has 0 radical (unpaired) electrons. The minimum absolute atomic E-state index is 0.284. The van der Waals surface area contributed by atoms with Gasteiger partial charge in [0, 0.05) is 0 Å². The van der Waals surface area contributed by atoms with E-state index in [-0.39, 0.29) is 11.4 Å². The third kappa shape index (κ3) is 14.8. The van der Waals surface area contributed by atoms with Crippen molar-refractivity contribution in [1.82, 2.24) is 0 Å². The molecule has 0 aliphatic rings. The van der Waals surface area contributed by atoms with Crippen LogP contribution in [-0.4, -0.2) is 46.8 Å². The zero-order valence-electron chi connectivity index (χ0n) is 28.9. The summed E-state index contributed by atoms with van der Waals surface area (Å²) in [7, 11) is 0. The Kier molecular flexibility index (Phi) is 11.9. The molecule has 4 N–H and O–H groups in total. The van der Waals surface area contributed by atoms with Crippen molar-refractivity contribution in [3.63, 3.8) is 0 Å². The van der Waals surface area contributed by atoms with Crippen LogP contribution in [0.5, 0.6) is 0 Å². The van der Waals surface area contributed by atoms with Crippen LogP contribution in [0, 0.1) is 0 Å². The van der Waals surface area contributed by atoms with E-state index in [2.05, 4.69) is 21.3 Å². The third-order valence-corrected chi connectivity index (χ3v) is 5.10. The van der Waals surface area contributed by atoms with Gasteiger partial charge in [0.25, 0.3) is 0 Å². The summed E-state index contributed by atoms with van der Waals surface area (Å²) < 4.78 is 21.5. The molecule has 0 bridgehead atoms. The second-order valence-corrected chi connectivity index (χ2v) is 14.5. The van der Waals surface area contributed by atoms with Gasteiger partial charge in [-0.25, -0.2) is 19.2 Å². The van der Waals surface area contributed by atoms with Crippen molar-refractivity contribution in [3.05, 3.63) is 47.5 Å². The van der Waals surface area contributed by atoms with Gasteiger partial charge in [0.05, 0.1) is 22.7 Å². The van der Waals surface area contributed by atoms with Crippen molar-refractivity contribution in [2.45, 2.75) is 105 Å². The fraction of sp³-hybridized carbons (Fsp3) is 0.471. The van der Waals surface area contributed by atoms with Crippen LogP contribution < -0.4 is 21.3 Å². The Morgan fingerprint density at radius 1 is 0.435 bits per heavy atom. The van der Waals surface area contributed by atoms with E-state index in [4.69, 9.17) is 18.9 Å². The van der Waals surface area contributed by atoms with Crippen molar-refractivity contribution in [2.75, 3.05) is 21.3 Å². The largest absolute Gasteiger partial charge is 0.444 e. The van der Waals surface area contributed by atoms with Crippen LogP contribution in [0.1, 0.15) is 94.2 Å². The highest BCUT2D eigenvalue weighted by atomic mass is 16.6. The maximum absolute atomic E-state index is 12.6. The number of anilines is 4. The van der Waals surface area contributed by atoms with Gasteiger partial charge in [-0.1, -0.05) is 24.3 Å². The van der Waals surface area contributed by atoms with Crippen LogP contribution in [0.3, 0.4) is 0 Å². The van der Waals surface area contributed by atoms with Gasteiger partial charge in [0.15, 0.2) is 0 Å². The molecule has 252 valence electrons. The topological polar surface area (TPSA) is 153 Å². The highest BCUT2D eigenvalue weighted by Crippen LogP contribution is 2.29. The van der Waals surface area contributed by atoms with Crippen molar-refractivity contribution >= 4 is 59.3 Å². The fourth-order valence-electron chi connectivity index (χ4n) is 3.60. The molecule has 2 aromatic rings. The first-order valence-electron chi connectivity index (χ1n) is 14.8. The second kappa shape index (κ2) is 14.6. The van der Waals surface area contributed by atoms with Crippen LogP contribution in [-0.2, 0) is 18.9 Å². The van der Waals surface area contributed by atoms with Gasteiger partial charge in [-0.2, -0.15) is 0 Å². The van der Waals surface area contributed by atoms with E-state index in [1.165, 1.54) is 0 Å².